The molecule has 2 aromatic rings. The third-order valence-electron chi connectivity index (χ3n) is 4.16. The zero-order valence-electron chi connectivity index (χ0n) is 14.4. The van der Waals surface area contributed by atoms with Crippen LogP contribution in [0.15, 0.2) is 29.6 Å². The maximum absolute atomic E-state index is 12.9. The number of rotatable bonds is 6. The van der Waals surface area contributed by atoms with E-state index in [-0.39, 0.29) is 5.56 Å². The molecule has 124 valence electrons. The number of nitrogens with zero attached hydrogens (tertiary/aromatic N) is 2. The van der Waals surface area contributed by atoms with E-state index in [4.69, 9.17) is 0 Å². The molecule has 0 amide bonds. The number of hydrogen-bond donors (Lipinski definition) is 2. The molecular formula is C19H22N4O. The Morgan fingerprint density at radius 2 is 1.92 bits per heavy atom. The first-order chi connectivity index (χ1) is 11.5. The van der Waals surface area contributed by atoms with Gasteiger partial charge in [0, 0.05) is 35.0 Å². The third-order valence-corrected chi connectivity index (χ3v) is 4.16. The van der Waals surface area contributed by atoms with E-state index in [1.807, 2.05) is 27.0 Å². The van der Waals surface area contributed by atoms with Crippen molar-refractivity contribution >= 4 is 35.3 Å². The van der Waals surface area contributed by atoms with Crippen molar-refractivity contribution < 1.29 is 0 Å². The van der Waals surface area contributed by atoms with Crippen molar-refractivity contribution in [3.63, 3.8) is 0 Å². The molecule has 24 heavy (non-hydrogen) atoms. The second-order valence-corrected chi connectivity index (χ2v) is 5.31. The fraction of sp³-hybridized carbons (Fsp3) is 0.211. The standard InChI is InChI=1S/C19H22N4O/c1-7-14-12(4)16(10-11-22-21-9-3)18-15(8-2)17(20-6)13(5)23(18)19(14)24/h7-8,10,20,22H,1-3,11H2,4-6H3/b16-10-. The molecular weight excluding hydrogens is 300 g/mol. The lowest BCUT2D eigenvalue weighted by Gasteiger charge is -2.07. The van der Waals surface area contributed by atoms with Gasteiger partial charge in [0.05, 0.1) is 17.7 Å². The number of aryl methyl sites for hydroxylation is 1. The van der Waals surface area contributed by atoms with Gasteiger partial charge in [-0.25, -0.2) is 0 Å². The van der Waals surface area contributed by atoms with E-state index in [1.54, 1.807) is 16.6 Å². The first kappa shape index (κ1) is 17.3. The summed E-state index contributed by atoms with van der Waals surface area (Å²) in [5.74, 6) is 2.43. The van der Waals surface area contributed by atoms with E-state index in [2.05, 4.69) is 41.5 Å². The van der Waals surface area contributed by atoms with Gasteiger partial charge in [0.25, 0.3) is 5.56 Å². The zero-order chi connectivity index (χ0) is 17.9. The van der Waals surface area contributed by atoms with Gasteiger partial charge >= 0.3 is 0 Å². The van der Waals surface area contributed by atoms with Gasteiger partial charge in [-0.1, -0.05) is 31.4 Å². The van der Waals surface area contributed by atoms with Crippen LogP contribution in [0.25, 0.3) is 23.7 Å². The Labute approximate surface area is 141 Å². The molecule has 2 rings (SSSR count). The highest BCUT2D eigenvalue weighted by Gasteiger charge is 2.18. The SMILES string of the molecule is C=C=NNC/C=c1/c(C)c(C=C)c(=O)n2c(C)c(NC)c(C=C)c12. The van der Waals surface area contributed by atoms with Crippen LogP contribution in [0.2, 0.25) is 0 Å². The average molecular weight is 322 g/mol. The monoisotopic (exact) mass is 322 g/mol. The predicted octanol–water partition coefficient (Wildman–Crippen LogP) is 2.10. The van der Waals surface area contributed by atoms with Gasteiger partial charge in [0.15, 0.2) is 0 Å². The Kier molecular flexibility index (Phi) is 5.07. The summed E-state index contributed by atoms with van der Waals surface area (Å²) in [7, 11) is 1.84. The quantitative estimate of drug-likeness (QED) is 0.486. The first-order valence-electron chi connectivity index (χ1n) is 7.62. The normalized spacial score (nSPS) is 11.2. The van der Waals surface area contributed by atoms with Gasteiger partial charge in [-0.2, -0.15) is 0 Å². The van der Waals surface area contributed by atoms with Gasteiger partial charge in [0.2, 0.25) is 0 Å². The molecule has 0 aliphatic heterocycles. The smallest absolute Gasteiger partial charge is 0.262 e. The highest BCUT2D eigenvalue weighted by molar-refractivity contribution is 5.85. The molecule has 0 saturated heterocycles. The minimum absolute atomic E-state index is 0.0752. The van der Waals surface area contributed by atoms with E-state index < -0.39 is 0 Å². The van der Waals surface area contributed by atoms with Crippen molar-refractivity contribution in [1.82, 2.24) is 9.83 Å². The Balaban J connectivity index is 3.04. The van der Waals surface area contributed by atoms with Gasteiger partial charge in [-0.15, -0.1) is 5.10 Å². The number of aromatic nitrogens is 1. The summed E-state index contributed by atoms with van der Waals surface area (Å²) in [5.41, 5.74) is 7.74. The molecule has 2 aromatic heterocycles. The Bertz CT molecular complexity index is 976. The lowest BCUT2D eigenvalue weighted by Crippen LogP contribution is -2.27. The number of hydrazone groups is 1. The molecule has 5 nitrogen and oxygen atoms in total. The van der Waals surface area contributed by atoms with Crippen LogP contribution in [0.5, 0.6) is 0 Å². The summed E-state index contributed by atoms with van der Waals surface area (Å²) in [5, 5.41) is 7.90. The van der Waals surface area contributed by atoms with Gasteiger partial charge < -0.3 is 5.32 Å². The van der Waals surface area contributed by atoms with E-state index >= 15 is 0 Å². The summed E-state index contributed by atoms with van der Waals surface area (Å²) in [6.45, 7) is 15.5. The predicted molar refractivity (Wildman–Crippen MR) is 104 cm³/mol. The Morgan fingerprint density at radius 3 is 2.46 bits per heavy atom. The maximum atomic E-state index is 12.9. The van der Waals surface area contributed by atoms with E-state index in [0.29, 0.717) is 12.1 Å². The zero-order valence-corrected chi connectivity index (χ0v) is 14.4. The van der Waals surface area contributed by atoms with Crippen molar-refractivity contribution in [3.8, 4) is 0 Å². The second-order valence-electron chi connectivity index (χ2n) is 5.31. The molecule has 0 aliphatic carbocycles. The summed E-state index contributed by atoms with van der Waals surface area (Å²) in [6, 6.07) is 0. The Morgan fingerprint density at radius 1 is 1.25 bits per heavy atom. The lowest BCUT2D eigenvalue weighted by molar-refractivity contribution is 0.852. The van der Waals surface area contributed by atoms with E-state index in [1.165, 1.54) is 0 Å². The number of hydrogen-bond acceptors (Lipinski definition) is 4. The van der Waals surface area contributed by atoms with Crippen molar-refractivity contribution in [3.05, 3.63) is 57.7 Å². The number of pyridine rings is 1. The molecule has 0 unspecified atom stereocenters. The minimum atomic E-state index is -0.0752. The fourth-order valence-corrected chi connectivity index (χ4v) is 3.09. The van der Waals surface area contributed by atoms with Crippen LogP contribution in [0.1, 0.15) is 22.4 Å². The molecule has 0 atom stereocenters. The highest BCUT2D eigenvalue weighted by atomic mass is 16.1. The van der Waals surface area contributed by atoms with Gasteiger partial charge in [-0.05, 0) is 26.0 Å². The summed E-state index contributed by atoms with van der Waals surface area (Å²) < 4.78 is 1.72. The van der Waals surface area contributed by atoms with Crippen molar-refractivity contribution in [2.45, 2.75) is 13.8 Å². The molecule has 2 heterocycles. The summed E-state index contributed by atoms with van der Waals surface area (Å²) >= 11 is 0. The number of nitrogens with one attached hydrogen (secondary N) is 2. The molecule has 0 fully saturated rings. The van der Waals surface area contributed by atoms with Crippen LogP contribution in [-0.2, 0) is 0 Å². The average Bonchev–Trinajstić information content (AvgIpc) is 2.86. The fourth-order valence-electron chi connectivity index (χ4n) is 3.09. The topological polar surface area (TPSA) is 57.9 Å². The van der Waals surface area contributed by atoms with Crippen LogP contribution in [0.3, 0.4) is 0 Å². The van der Waals surface area contributed by atoms with Crippen molar-refractivity contribution in [1.29, 1.82) is 0 Å². The van der Waals surface area contributed by atoms with Gasteiger partial charge in [-0.3, -0.25) is 14.6 Å². The minimum Gasteiger partial charge on any atom is -0.386 e. The summed E-state index contributed by atoms with van der Waals surface area (Å²) in [6.07, 6.45) is 5.37. The lowest BCUT2D eigenvalue weighted by atomic mass is 10.1. The second kappa shape index (κ2) is 7.02. The maximum Gasteiger partial charge on any atom is 0.262 e. The van der Waals surface area contributed by atoms with Crippen LogP contribution >= 0.6 is 0 Å². The molecule has 0 radical (unpaired) electrons. The third kappa shape index (κ3) is 2.55. The largest absolute Gasteiger partial charge is 0.386 e. The van der Waals surface area contributed by atoms with Crippen molar-refractivity contribution in [2.75, 3.05) is 18.9 Å². The van der Waals surface area contributed by atoms with Crippen LogP contribution < -0.4 is 21.5 Å². The summed E-state index contributed by atoms with van der Waals surface area (Å²) in [4.78, 5) is 12.9. The molecule has 0 aliphatic rings. The number of fused-ring (bicyclic) bond motifs is 1. The van der Waals surface area contributed by atoms with Crippen LogP contribution in [0, 0.1) is 13.8 Å². The van der Waals surface area contributed by atoms with E-state index in [0.717, 1.165) is 33.2 Å². The number of anilines is 1. The van der Waals surface area contributed by atoms with Crippen LogP contribution in [-0.4, -0.2) is 23.9 Å². The molecule has 2 N–H and O–H groups in total. The van der Waals surface area contributed by atoms with Crippen LogP contribution in [0.4, 0.5) is 5.69 Å². The molecule has 0 bridgehead atoms. The Hall–Kier alpha value is -3.04. The molecule has 0 aromatic carbocycles. The highest BCUT2D eigenvalue weighted by Crippen LogP contribution is 2.27. The van der Waals surface area contributed by atoms with Crippen molar-refractivity contribution in [2.24, 2.45) is 5.10 Å². The molecule has 0 saturated carbocycles. The van der Waals surface area contributed by atoms with E-state index in [9.17, 15) is 4.79 Å². The molecule has 5 heteroatoms. The van der Waals surface area contributed by atoms with Gasteiger partial charge in [0.1, 0.15) is 0 Å². The first-order valence-corrected chi connectivity index (χ1v) is 7.62. The molecule has 0 spiro atoms.